The van der Waals surface area contributed by atoms with Crippen molar-refractivity contribution in [1.29, 1.82) is 0 Å². The molecule has 0 radical (unpaired) electrons. The molecule has 0 atom stereocenters. The summed E-state index contributed by atoms with van der Waals surface area (Å²) in [5.74, 6) is -0.292. The number of nitrogens with two attached hydrogens (primary N) is 1. The number of hydrazone groups is 1. The smallest absolute Gasteiger partial charge is 0.291 e. The van der Waals surface area contributed by atoms with E-state index in [0.717, 1.165) is 12.8 Å². The van der Waals surface area contributed by atoms with E-state index in [9.17, 15) is 4.79 Å². The normalized spacial score (nSPS) is 11.3. The third kappa shape index (κ3) is 3.98. The zero-order valence-electron chi connectivity index (χ0n) is 11.1. The second-order valence-corrected chi connectivity index (χ2v) is 5.20. The Bertz CT molecular complexity index is 530. The molecule has 0 aliphatic rings. The minimum absolute atomic E-state index is 0.0162. The van der Waals surface area contributed by atoms with E-state index in [1.54, 1.807) is 6.21 Å². The maximum absolute atomic E-state index is 11.9. The molecule has 0 aromatic carbocycles. The van der Waals surface area contributed by atoms with Gasteiger partial charge in [-0.2, -0.15) is 5.10 Å². The molecule has 0 bridgehead atoms. The number of halogens is 3. The number of pyridine rings is 1. The second-order valence-electron chi connectivity index (χ2n) is 4.09. The molecule has 20 heavy (non-hydrogen) atoms. The lowest BCUT2D eigenvalue weighted by Crippen LogP contribution is -2.21. The van der Waals surface area contributed by atoms with Gasteiger partial charge in [0.1, 0.15) is 5.02 Å². The number of rotatable bonds is 5. The van der Waals surface area contributed by atoms with Gasteiger partial charge in [-0.15, -0.1) is 0 Å². The summed E-state index contributed by atoms with van der Waals surface area (Å²) >= 11 is 17.5. The van der Waals surface area contributed by atoms with E-state index in [0.29, 0.717) is 5.92 Å². The summed E-state index contributed by atoms with van der Waals surface area (Å²) in [6, 6.07) is 0. The van der Waals surface area contributed by atoms with Crippen LogP contribution in [0.25, 0.3) is 0 Å². The summed E-state index contributed by atoms with van der Waals surface area (Å²) in [5.41, 5.74) is 7.88. The van der Waals surface area contributed by atoms with Crippen molar-refractivity contribution in [3.8, 4) is 0 Å². The topological polar surface area (TPSA) is 80.4 Å². The fourth-order valence-electron chi connectivity index (χ4n) is 1.44. The Kier molecular flexibility index (Phi) is 6.52. The van der Waals surface area contributed by atoms with Gasteiger partial charge in [0.05, 0.1) is 10.7 Å². The summed E-state index contributed by atoms with van der Waals surface area (Å²) in [6.45, 7) is 4.08. The lowest BCUT2D eigenvalue weighted by molar-refractivity contribution is 0.0950. The Morgan fingerprint density at radius 3 is 2.50 bits per heavy atom. The Morgan fingerprint density at radius 1 is 1.35 bits per heavy atom. The molecule has 0 saturated carbocycles. The number of nitrogen functional groups attached to an aromatic ring is 1. The first kappa shape index (κ1) is 17.0. The summed E-state index contributed by atoms with van der Waals surface area (Å²) in [4.78, 5) is 15.7. The van der Waals surface area contributed by atoms with Crippen LogP contribution in [0.4, 0.5) is 5.69 Å². The van der Waals surface area contributed by atoms with E-state index in [-0.39, 0.29) is 26.6 Å². The van der Waals surface area contributed by atoms with Gasteiger partial charge < -0.3 is 5.73 Å². The van der Waals surface area contributed by atoms with Crippen molar-refractivity contribution in [1.82, 2.24) is 10.4 Å². The van der Waals surface area contributed by atoms with Gasteiger partial charge in [0, 0.05) is 6.21 Å². The van der Waals surface area contributed by atoms with Crippen LogP contribution in [0.2, 0.25) is 15.2 Å². The van der Waals surface area contributed by atoms with Gasteiger partial charge in [-0.25, -0.2) is 10.4 Å². The first-order valence-electron chi connectivity index (χ1n) is 6.05. The zero-order chi connectivity index (χ0) is 15.3. The van der Waals surface area contributed by atoms with Gasteiger partial charge in [-0.1, -0.05) is 48.7 Å². The van der Waals surface area contributed by atoms with Crippen LogP contribution in [0.1, 0.15) is 37.2 Å². The molecule has 0 fully saturated rings. The first-order valence-corrected chi connectivity index (χ1v) is 7.19. The van der Waals surface area contributed by atoms with Crippen molar-refractivity contribution in [3.63, 3.8) is 0 Å². The van der Waals surface area contributed by atoms with Gasteiger partial charge in [0.2, 0.25) is 0 Å². The molecule has 0 spiro atoms. The molecule has 1 rings (SSSR count). The Balaban J connectivity index is 2.89. The molecule has 8 heteroatoms. The lowest BCUT2D eigenvalue weighted by atomic mass is 10.1. The molecule has 0 saturated heterocycles. The fraction of sp³-hybridized carbons (Fsp3) is 0.417. The van der Waals surface area contributed by atoms with Crippen molar-refractivity contribution in [3.05, 3.63) is 20.9 Å². The number of hydrogen-bond acceptors (Lipinski definition) is 4. The minimum atomic E-state index is -0.595. The Hall–Kier alpha value is -1.04. The molecule has 0 aliphatic carbocycles. The van der Waals surface area contributed by atoms with E-state index in [1.807, 2.05) is 13.8 Å². The number of amides is 1. The molecular formula is C12H15Cl3N4O. The average molecular weight is 338 g/mol. The zero-order valence-corrected chi connectivity index (χ0v) is 13.4. The molecule has 1 aromatic heterocycles. The maximum atomic E-state index is 11.9. The largest absolute Gasteiger partial charge is 0.396 e. The van der Waals surface area contributed by atoms with E-state index < -0.39 is 5.91 Å². The Labute approximate surface area is 132 Å². The summed E-state index contributed by atoms with van der Waals surface area (Å²) < 4.78 is 0. The van der Waals surface area contributed by atoms with Gasteiger partial charge >= 0.3 is 0 Å². The minimum Gasteiger partial charge on any atom is -0.396 e. The van der Waals surface area contributed by atoms with Gasteiger partial charge in [0.25, 0.3) is 5.91 Å². The number of nitrogens with zero attached hydrogens (tertiary/aromatic N) is 2. The van der Waals surface area contributed by atoms with E-state index in [4.69, 9.17) is 40.5 Å². The SMILES string of the molecule is CCC(/C=N/NC(=O)c1nc(Cl)c(Cl)c(N)c1Cl)CC. The third-order valence-corrected chi connectivity index (χ3v) is 3.92. The van der Waals surface area contributed by atoms with Crippen LogP contribution in [-0.4, -0.2) is 17.1 Å². The van der Waals surface area contributed by atoms with Crippen molar-refractivity contribution in [2.75, 3.05) is 5.73 Å². The maximum Gasteiger partial charge on any atom is 0.291 e. The van der Waals surface area contributed by atoms with Crippen LogP contribution in [-0.2, 0) is 0 Å². The van der Waals surface area contributed by atoms with E-state index in [1.165, 1.54) is 0 Å². The van der Waals surface area contributed by atoms with Crippen LogP contribution in [0.3, 0.4) is 0 Å². The second kappa shape index (κ2) is 7.67. The molecule has 0 unspecified atom stereocenters. The third-order valence-electron chi connectivity index (χ3n) is 2.79. The molecule has 1 heterocycles. The summed E-state index contributed by atoms with van der Waals surface area (Å²) in [6.07, 6.45) is 3.55. The highest BCUT2D eigenvalue weighted by molar-refractivity contribution is 6.46. The predicted octanol–water partition coefficient (Wildman–Crippen LogP) is 3.78. The van der Waals surface area contributed by atoms with Gasteiger partial charge in [0.15, 0.2) is 10.8 Å². The van der Waals surface area contributed by atoms with E-state index in [2.05, 4.69) is 15.5 Å². The van der Waals surface area contributed by atoms with Crippen molar-refractivity contribution < 1.29 is 4.79 Å². The quantitative estimate of drug-likeness (QED) is 0.487. The summed E-state index contributed by atoms with van der Waals surface area (Å²) in [5, 5.41) is 3.77. The monoisotopic (exact) mass is 336 g/mol. The van der Waals surface area contributed by atoms with Gasteiger partial charge in [-0.05, 0) is 18.8 Å². The molecule has 110 valence electrons. The molecule has 1 aromatic rings. The number of carbonyl (C=O) groups is 1. The van der Waals surface area contributed by atoms with Crippen LogP contribution < -0.4 is 11.2 Å². The Morgan fingerprint density at radius 2 is 1.95 bits per heavy atom. The molecule has 5 nitrogen and oxygen atoms in total. The van der Waals surface area contributed by atoms with E-state index >= 15 is 0 Å². The molecular weight excluding hydrogens is 323 g/mol. The average Bonchev–Trinajstić information content (AvgIpc) is 2.45. The molecule has 3 N–H and O–H groups in total. The highest BCUT2D eigenvalue weighted by atomic mass is 35.5. The molecule has 1 amide bonds. The molecule has 0 aliphatic heterocycles. The number of carbonyl (C=O) groups excluding carboxylic acids is 1. The fourth-order valence-corrected chi connectivity index (χ4v) is 2.03. The predicted molar refractivity (Wildman–Crippen MR) is 83.7 cm³/mol. The van der Waals surface area contributed by atoms with Crippen molar-refractivity contribution in [2.45, 2.75) is 26.7 Å². The first-order chi connectivity index (χ1) is 9.42. The van der Waals surface area contributed by atoms with Gasteiger partial charge in [-0.3, -0.25) is 4.79 Å². The number of hydrogen-bond donors (Lipinski definition) is 2. The lowest BCUT2D eigenvalue weighted by Gasteiger charge is -2.08. The van der Waals surface area contributed by atoms with Crippen molar-refractivity contribution >= 4 is 52.6 Å². The van der Waals surface area contributed by atoms with Crippen LogP contribution in [0.5, 0.6) is 0 Å². The van der Waals surface area contributed by atoms with Crippen LogP contribution in [0, 0.1) is 5.92 Å². The number of aromatic nitrogens is 1. The van der Waals surface area contributed by atoms with Crippen molar-refractivity contribution in [2.24, 2.45) is 11.0 Å². The number of nitrogens with one attached hydrogen (secondary N) is 1. The van der Waals surface area contributed by atoms with Crippen LogP contribution >= 0.6 is 34.8 Å². The summed E-state index contributed by atoms with van der Waals surface area (Å²) in [7, 11) is 0. The highest BCUT2D eigenvalue weighted by Gasteiger charge is 2.19. The van der Waals surface area contributed by atoms with Crippen LogP contribution in [0.15, 0.2) is 5.10 Å². The number of anilines is 1. The highest BCUT2D eigenvalue weighted by Crippen LogP contribution is 2.34. The standard InChI is InChI=1S/C12H15Cl3N4O/c1-3-6(4-2)5-17-19-12(20)10-7(13)9(16)8(14)11(15)18-10/h5-6H,3-4H2,1-2H3,(H2,16,18)(H,19,20)/b17-5+.